The maximum atomic E-state index is 12.8. The number of benzene rings is 1. The van der Waals surface area contributed by atoms with Gasteiger partial charge in [0.25, 0.3) is 5.91 Å². The summed E-state index contributed by atoms with van der Waals surface area (Å²) < 4.78 is 54.9. The van der Waals surface area contributed by atoms with Crippen LogP contribution >= 0.6 is 0 Å². The molecular formula is C18H20F3NO4. The molecule has 1 saturated heterocycles. The van der Waals surface area contributed by atoms with Crippen molar-refractivity contribution in [2.75, 3.05) is 32.9 Å². The van der Waals surface area contributed by atoms with Gasteiger partial charge in [0.2, 0.25) is 5.76 Å². The first-order valence-corrected chi connectivity index (χ1v) is 8.38. The highest BCUT2D eigenvalue weighted by Crippen LogP contribution is 2.30. The third-order valence-corrected chi connectivity index (χ3v) is 4.31. The lowest BCUT2D eigenvalue weighted by molar-refractivity contribution is -0.140. The summed E-state index contributed by atoms with van der Waals surface area (Å²) in [6.45, 7) is 3.41. The van der Waals surface area contributed by atoms with Gasteiger partial charge in [-0.25, -0.2) is 0 Å². The van der Waals surface area contributed by atoms with Crippen molar-refractivity contribution in [3.8, 4) is 0 Å². The number of carbonyl (C=O) groups excluding carboxylic acids is 1. The van der Waals surface area contributed by atoms with Crippen LogP contribution in [0.15, 0.2) is 35.8 Å². The number of hydrogen-bond donors (Lipinski definition) is 0. The van der Waals surface area contributed by atoms with E-state index in [1.54, 1.807) is 17.9 Å². The van der Waals surface area contributed by atoms with Crippen LogP contribution in [0.25, 0.3) is 0 Å². The van der Waals surface area contributed by atoms with E-state index in [9.17, 15) is 18.0 Å². The van der Waals surface area contributed by atoms with Crippen molar-refractivity contribution < 1.29 is 32.2 Å². The van der Waals surface area contributed by atoms with E-state index in [4.69, 9.17) is 14.2 Å². The second-order valence-electron chi connectivity index (χ2n) is 6.23. The number of morpholine rings is 1. The second-order valence-corrected chi connectivity index (χ2v) is 6.23. The Hall–Kier alpha value is -2.22. The Bertz CT molecular complexity index is 702. The van der Waals surface area contributed by atoms with E-state index in [-0.39, 0.29) is 24.3 Å². The number of ether oxygens (including phenoxy) is 3. The van der Waals surface area contributed by atoms with Gasteiger partial charge in [0.05, 0.1) is 18.3 Å². The molecule has 142 valence electrons. The minimum Gasteiger partial charge on any atom is -0.491 e. The van der Waals surface area contributed by atoms with Crippen LogP contribution in [0.4, 0.5) is 13.2 Å². The Kier molecular flexibility index (Phi) is 5.41. The Labute approximate surface area is 149 Å². The molecule has 0 radical (unpaired) electrons. The molecule has 0 bridgehead atoms. The minimum atomic E-state index is -4.38. The Morgan fingerprint density at radius 3 is 2.73 bits per heavy atom. The molecule has 1 fully saturated rings. The molecule has 1 atom stereocenters. The normalized spacial score (nSPS) is 21.2. The highest BCUT2D eigenvalue weighted by molar-refractivity contribution is 5.92. The lowest BCUT2D eigenvalue weighted by atomic mass is 10.0. The number of allylic oxidation sites excluding steroid dienone is 1. The van der Waals surface area contributed by atoms with Gasteiger partial charge < -0.3 is 19.1 Å². The quantitative estimate of drug-likeness (QED) is 0.820. The fraction of sp³-hybridized carbons (Fsp3) is 0.500. The molecule has 2 aliphatic heterocycles. The summed E-state index contributed by atoms with van der Waals surface area (Å²) in [7, 11) is 0. The highest BCUT2D eigenvalue weighted by Gasteiger charge is 2.32. The molecule has 0 saturated carbocycles. The Morgan fingerprint density at radius 1 is 1.23 bits per heavy atom. The monoisotopic (exact) mass is 371 g/mol. The van der Waals surface area contributed by atoms with Crippen molar-refractivity contribution in [1.29, 1.82) is 0 Å². The van der Waals surface area contributed by atoms with E-state index >= 15 is 0 Å². The zero-order valence-electron chi connectivity index (χ0n) is 14.3. The van der Waals surface area contributed by atoms with E-state index in [1.807, 2.05) is 0 Å². The Balaban J connectivity index is 1.67. The molecule has 1 amide bonds. The molecule has 1 aromatic rings. The number of alkyl halides is 3. The van der Waals surface area contributed by atoms with Crippen LogP contribution in [-0.2, 0) is 31.6 Å². The molecule has 3 rings (SSSR count). The largest absolute Gasteiger partial charge is 0.491 e. The van der Waals surface area contributed by atoms with Crippen LogP contribution in [0.5, 0.6) is 0 Å². The van der Waals surface area contributed by atoms with Crippen LogP contribution in [0.2, 0.25) is 0 Å². The summed E-state index contributed by atoms with van der Waals surface area (Å²) in [6, 6.07) is 5.17. The van der Waals surface area contributed by atoms with Crippen LogP contribution < -0.4 is 0 Å². The molecule has 0 unspecified atom stereocenters. The molecule has 0 spiro atoms. The van der Waals surface area contributed by atoms with Crippen molar-refractivity contribution in [2.45, 2.75) is 25.6 Å². The van der Waals surface area contributed by atoms with E-state index in [2.05, 4.69) is 0 Å². The van der Waals surface area contributed by atoms with Gasteiger partial charge >= 0.3 is 6.18 Å². The van der Waals surface area contributed by atoms with Crippen molar-refractivity contribution in [2.24, 2.45) is 0 Å². The van der Waals surface area contributed by atoms with Crippen LogP contribution in [0.3, 0.4) is 0 Å². The van der Waals surface area contributed by atoms with Crippen LogP contribution in [0, 0.1) is 0 Å². The molecule has 1 aromatic carbocycles. The maximum Gasteiger partial charge on any atom is 0.416 e. The summed E-state index contributed by atoms with van der Waals surface area (Å²) in [5, 5.41) is 0. The number of hydrogen-bond acceptors (Lipinski definition) is 4. The number of halogens is 3. The molecule has 2 aliphatic rings. The molecule has 8 heteroatoms. The number of carbonyl (C=O) groups is 1. The molecule has 2 heterocycles. The summed E-state index contributed by atoms with van der Waals surface area (Å²) in [5.74, 6) is 0.359. The standard InChI is InChI=1S/C18H20F3NO4/c1-12-16(26-8-7-24-12)17(23)22-5-6-25-15(11-22)10-13-3-2-4-14(9-13)18(19,20)21/h2-4,9,15H,5-8,10-11H2,1H3/t15-/m1/s1. The lowest BCUT2D eigenvalue weighted by Crippen LogP contribution is -2.47. The smallest absolute Gasteiger partial charge is 0.416 e. The van der Waals surface area contributed by atoms with Gasteiger partial charge in [-0.2, -0.15) is 13.2 Å². The first-order chi connectivity index (χ1) is 12.3. The lowest BCUT2D eigenvalue weighted by Gasteiger charge is -2.34. The fourth-order valence-corrected chi connectivity index (χ4v) is 3.03. The van der Waals surface area contributed by atoms with Gasteiger partial charge in [-0.15, -0.1) is 0 Å². The van der Waals surface area contributed by atoms with Gasteiger partial charge in [0, 0.05) is 19.5 Å². The second kappa shape index (κ2) is 7.57. The number of nitrogens with zero attached hydrogens (tertiary/aromatic N) is 1. The highest BCUT2D eigenvalue weighted by atomic mass is 19.4. The van der Waals surface area contributed by atoms with Gasteiger partial charge in [0.1, 0.15) is 19.0 Å². The van der Waals surface area contributed by atoms with Gasteiger partial charge in [0.15, 0.2) is 0 Å². The summed E-state index contributed by atoms with van der Waals surface area (Å²) in [4.78, 5) is 14.2. The van der Waals surface area contributed by atoms with Crippen molar-refractivity contribution in [3.63, 3.8) is 0 Å². The molecule has 5 nitrogen and oxygen atoms in total. The maximum absolute atomic E-state index is 12.8. The third-order valence-electron chi connectivity index (χ3n) is 4.31. The minimum absolute atomic E-state index is 0.191. The van der Waals surface area contributed by atoms with E-state index in [0.717, 1.165) is 12.1 Å². The van der Waals surface area contributed by atoms with Gasteiger partial charge in [-0.05, 0) is 18.6 Å². The van der Waals surface area contributed by atoms with E-state index < -0.39 is 11.7 Å². The van der Waals surface area contributed by atoms with Crippen molar-refractivity contribution in [1.82, 2.24) is 4.90 Å². The zero-order valence-corrected chi connectivity index (χ0v) is 14.3. The predicted molar refractivity (Wildman–Crippen MR) is 86.1 cm³/mol. The van der Waals surface area contributed by atoms with E-state index in [1.165, 1.54) is 6.07 Å². The van der Waals surface area contributed by atoms with Crippen LogP contribution in [-0.4, -0.2) is 49.8 Å². The van der Waals surface area contributed by atoms with Crippen molar-refractivity contribution in [3.05, 3.63) is 46.9 Å². The van der Waals surface area contributed by atoms with E-state index in [0.29, 0.717) is 44.1 Å². The first-order valence-electron chi connectivity index (χ1n) is 8.38. The summed E-state index contributed by atoms with van der Waals surface area (Å²) >= 11 is 0. The fourth-order valence-electron chi connectivity index (χ4n) is 3.03. The van der Waals surface area contributed by atoms with Gasteiger partial charge in [-0.1, -0.05) is 18.2 Å². The average Bonchev–Trinajstić information content (AvgIpc) is 2.61. The summed E-state index contributed by atoms with van der Waals surface area (Å²) in [5.41, 5.74) is -0.168. The molecule has 0 aromatic heterocycles. The van der Waals surface area contributed by atoms with Gasteiger partial charge in [-0.3, -0.25) is 4.79 Å². The third kappa shape index (κ3) is 4.30. The molecule has 0 N–H and O–H groups in total. The summed E-state index contributed by atoms with van der Waals surface area (Å²) in [6.07, 6.45) is -4.46. The first kappa shape index (κ1) is 18.6. The topological polar surface area (TPSA) is 48.0 Å². The molecule has 26 heavy (non-hydrogen) atoms. The average molecular weight is 371 g/mol. The predicted octanol–water partition coefficient (Wildman–Crippen LogP) is 2.75. The number of amides is 1. The molecule has 0 aliphatic carbocycles. The number of rotatable bonds is 3. The SMILES string of the molecule is CC1=C(C(=O)N2CCO[C@H](Cc3cccc(C(F)(F)F)c3)C2)OCCO1. The van der Waals surface area contributed by atoms with Crippen molar-refractivity contribution >= 4 is 5.91 Å². The van der Waals surface area contributed by atoms with Crippen LogP contribution in [0.1, 0.15) is 18.1 Å². The Morgan fingerprint density at radius 2 is 2.00 bits per heavy atom. The zero-order chi connectivity index (χ0) is 18.7. The molecular weight excluding hydrogens is 351 g/mol.